The highest BCUT2D eigenvalue weighted by Crippen LogP contribution is 2.28. The largest absolute Gasteiger partial charge is 0.381 e. The molecule has 1 aliphatic rings. The molecule has 1 fully saturated rings. The van der Waals surface area contributed by atoms with Crippen LogP contribution in [0.4, 0.5) is 0 Å². The molecule has 4 N–H and O–H groups in total. The minimum Gasteiger partial charge on any atom is -0.381 e. The van der Waals surface area contributed by atoms with Gasteiger partial charge in [-0.3, -0.25) is 4.99 Å². The summed E-state index contributed by atoms with van der Waals surface area (Å²) in [6, 6.07) is 6.63. The monoisotopic (exact) mass is 382 g/mol. The number of nitrogens with two attached hydrogens (primary N) is 1. The molecule has 1 aromatic carbocycles. The zero-order valence-corrected chi connectivity index (χ0v) is 16.2. The quantitative estimate of drug-likeness (QED) is 0.303. The fraction of sp³-hybridized carbons (Fsp3) is 0.611. The van der Waals surface area contributed by atoms with E-state index in [9.17, 15) is 8.42 Å². The van der Waals surface area contributed by atoms with Crippen molar-refractivity contribution in [2.45, 2.75) is 37.5 Å². The first-order valence-corrected chi connectivity index (χ1v) is 10.8. The van der Waals surface area contributed by atoms with Gasteiger partial charge in [0.25, 0.3) is 0 Å². The molecule has 2 rings (SSSR count). The maximum atomic E-state index is 11.3. The predicted molar refractivity (Wildman–Crippen MR) is 104 cm³/mol. The van der Waals surface area contributed by atoms with Crippen LogP contribution in [0.2, 0.25) is 0 Å². The van der Waals surface area contributed by atoms with Gasteiger partial charge in [0.15, 0.2) is 5.96 Å². The highest BCUT2D eigenvalue weighted by atomic mass is 32.2. The molecule has 0 aliphatic heterocycles. The Bertz CT molecular complexity index is 670. The van der Waals surface area contributed by atoms with Crippen LogP contribution in [0.3, 0.4) is 0 Å². The summed E-state index contributed by atoms with van der Waals surface area (Å²) in [4.78, 5) is 4.67. The zero-order chi connectivity index (χ0) is 18.8. The second kappa shape index (κ2) is 10.5. The van der Waals surface area contributed by atoms with Gasteiger partial charge in [-0.05, 0) is 56.2 Å². The molecule has 26 heavy (non-hydrogen) atoms. The maximum Gasteiger partial charge on any atom is 0.238 e. The van der Waals surface area contributed by atoms with E-state index in [1.54, 1.807) is 12.1 Å². The van der Waals surface area contributed by atoms with Gasteiger partial charge < -0.3 is 15.4 Å². The van der Waals surface area contributed by atoms with Gasteiger partial charge in [0.05, 0.1) is 4.90 Å². The average Bonchev–Trinajstić information content (AvgIpc) is 3.42. The molecule has 146 valence electrons. The van der Waals surface area contributed by atoms with Gasteiger partial charge in [-0.15, -0.1) is 0 Å². The smallest absolute Gasteiger partial charge is 0.238 e. The van der Waals surface area contributed by atoms with E-state index < -0.39 is 10.0 Å². The summed E-state index contributed by atoms with van der Waals surface area (Å²) in [5.74, 6) is 1.59. The standard InChI is InChI=1S/C18H30N4O3S/c1-2-20-18(21-11-3-13-25-14-16-4-5-16)22-12-10-15-6-8-17(9-7-15)26(19,23)24/h6-9,16H,2-5,10-14H2,1H3,(H2,19,23,24)(H2,20,21,22). The SMILES string of the molecule is CCNC(=NCCCOCC1CC1)NCCc1ccc(S(N)(=O)=O)cc1. The Morgan fingerprint density at radius 3 is 2.62 bits per heavy atom. The Kier molecular flexibility index (Phi) is 8.34. The molecular weight excluding hydrogens is 352 g/mol. The second-order valence-corrected chi connectivity index (χ2v) is 8.06. The number of hydrogen-bond donors (Lipinski definition) is 3. The van der Waals surface area contributed by atoms with Crippen LogP contribution in [-0.4, -0.2) is 47.2 Å². The summed E-state index contributed by atoms with van der Waals surface area (Å²) in [5, 5.41) is 11.6. The molecule has 1 aromatic rings. The van der Waals surface area contributed by atoms with Crippen molar-refractivity contribution >= 4 is 16.0 Å². The number of primary sulfonamides is 1. The fourth-order valence-electron chi connectivity index (χ4n) is 2.40. The number of rotatable bonds is 11. The number of sulfonamides is 1. The summed E-state index contributed by atoms with van der Waals surface area (Å²) in [5.41, 5.74) is 1.04. The van der Waals surface area contributed by atoms with Gasteiger partial charge in [-0.2, -0.15) is 0 Å². The maximum absolute atomic E-state index is 11.3. The Balaban J connectivity index is 1.68. The topological polar surface area (TPSA) is 106 Å². The zero-order valence-electron chi connectivity index (χ0n) is 15.4. The van der Waals surface area contributed by atoms with Crippen molar-refractivity contribution in [3.8, 4) is 0 Å². The first-order chi connectivity index (χ1) is 12.5. The Labute approximate surface area is 156 Å². The molecule has 0 radical (unpaired) electrons. The first-order valence-electron chi connectivity index (χ1n) is 9.20. The van der Waals surface area contributed by atoms with Crippen molar-refractivity contribution in [2.24, 2.45) is 16.0 Å². The number of hydrogen-bond acceptors (Lipinski definition) is 4. The number of ether oxygens (including phenoxy) is 1. The molecule has 0 spiro atoms. The minimum absolute atomic E-state index is 0.132. The lowest BCUT2D eigenvalue weighted by molar-refractivity contribution is 0.123. The van der Waals surface area contributed by atoms with Crippen LogP contribution in [0, 0.1) is 5.92 Å². The highest BCUT2D eigenvalue weighted by Gasteiger charge is 2.20. The van der Waals surface area contributed by atoms with Gasteiger partial charge in [-0.25, -0.2) is 13.6 Å². The number of benzene rings is 1. The van der Waals surface area contributed by atoms with E-state index in [1.807, 2.05) is 6.92 Å². The number of nitrogens with zero attached hydrogens (tertiary/aromatic N) is 1. The van der Waals surface area contributed by atoms with Crippen molar-refractivity contribution in [3.05, 3.63) is 29.8 Å². The lowest BCUT2D eigenvalue weighted by Gasteiger charge is -2.11. The van der Waals surface area contributed by atoms with Crippen molar-refractivity contribution in [3.63, 3.8) is 0 Å². The van der Waals surface area contributed by atoms with Gasteiger partial charge >= 0.3 is 0 Å². The third-order valence-corrected chi connectivity index (χ3v) is 5.00. The van der Waals surface area contributed by atoms with Crippen LogP contribution in [0.5, 0.6) is 0 Å². The molecule has 0 unspecified atom stereocenters. The second-order valence-electron chi connectivity index (χ2n) is 6.50. The highest BCUT2D eigenvalue weighted by molar-refractivity contribution is 7.89. The first kappa shape index (κ1) is 20.7. The molecular formula is C18H30N4O3S. The van der Waals surface area contributed by atoms with Crippen LogP contribution in [0.15, 0.2) is 34.2 Å². The summed E-state index contributed by atoms with van der Waals surface area (Å²) in [6.07, 6.45) is 4.31. The van der Waals surface area contributed by atoms with Crippen LogP contribution in [-0.2, 0) is 21.2 Å². The van der Waals surface area contributed by atoms with E-state index >= 15 is 0 Å². The van der Waals surface area contributed by atoms with Crippen molar-refractivity contribution < 1.29 is 13.2 Å². The summed E-state index contributed by atoms with van der Waals surface area (Å²) in [6.45, 7) is 5.92. The molecule has 0 atom stereocenters. The summed E-state index contributed by atoms with van der Waals surface area (Å²) < 4.78 is 28.1. The van der Waals surface area contributed by atoms with E-state index in [4.69, 9.17) is 9.88 Å². The molecule has 0 bridgehead atoms. The number of nitrogens with one attached hydrogen (secondary N) is 2. The van der Waals surface area contributed by atoms with E-state index in [1.165, 1.54) is 25.0 Å². The lowest BCUT2D eigenvalue weighted by atomic mass is 10.1. The van der Waals surface area contributed by atoms with E-state index in [0.717, 1.165) is 56.6 Å². The predicted octanol–water partition coefficient (Wildman–Crippen LogP) is 1.25. The molecule has 0 amide bonds. The third kappa shape index (κ3) is 8.16. The molecule has 0 saturated heterocycles. The Morgan fingerprint density at radius 1 is 1.27 bits per heavy atom. The molecule has 8 heteroatoms. The van der Waals surface area contributed by atoms with E-state index in [-0.39, 0.29) is 4.90 Å². The number of aliphatic imine (C=N–C) groups is 1. The fourth-order valence-corrected chi connectivity index (χ4v) is 2.92. The van der Waals surface area contributed by atoms with Crippen LogP contribution in [0.1, 0.15) is 31.7 Å². The Hall–Kier alpha value is -1.64. The van der Waals surface area contributed by atoms with Crippen molar-refractivity contribution in [1.82, 2.24) is 10.6 Å². The molecule has 0 aromatic heterocycles. The number of guanidine groups is 1. The van der Waals surface area contributed by atoms with Gasteiger partial charge in [0.1, 0.15) is 0 Å². The van der Waals surface area contributed by atoms with E-state index in [2.05, 4.69) is 15.6 Å². The van der Waals surface area contributed by atoms with Crippen molar-refractivity contribution in [1.29, 1.82) is 0 Å². The molecule has 7 nitrogen and oxygen atoms in total. The van der Waals surface area contributed by atoms with Gasteiger partial charge in [0.2, 0.25) is 10.0 Å². The summed E-state index contributed by atoms with van der Waals surface area (Å²) >= 11 is 0. The lowest BCUT2D eigenvalue weighted by Crippen LogP contribution is -2.38. The van der Waals surface area contributed by atoms with Crippen LogP contribution in [0.25, 0.3) is 0 Å². The average molecular weight is 383 g/mol. The van der Waals surface area contributed by atoms with E-state index in [0.29, 0.717) is 6.54 Å². The van der Waals surface area contributed by atoms with Gasteiger partial charge in [-0.1, -0.05) is 12.1 Å². The van der Waals surface area contributed by atoms with Gasteiger partial charge in [0, 0.05) is 32.8 Å². The van der Waals surface area contributed by atoms with Crippen LogP contribution < -0.4 is 15.8 Å². The third-order valence-electron chi connectivity index (χ3n) is 4.07. The minimum atomic E-state index is -3.63. The molecule has 0 heterocycles. The van der Waals surface area contributed by atoms with Crippen LogP contribution >= 0.6 is 0 Å². The normalized spacial score (nSPS) is 15.1. The molecule has 1 saturated carbocycles. The Morgan fingerprint density at radius 2 is 2.00 bits per heavy atom. The summed E-state index contributed by atoms with van der Waals surface area (Å²) in [7, 11) is -3.63. The van der Waals surface area contributed by atoms with Crippen molar-refractivity contribution in [2.75, 3.05) is 32.8 Å². The molecule has 1 aliphatic carbocycles.